The molecule has 0 fully saturated rings. The molecule has 0 aromatic heterocycles. The van der Waals surface area contributed by atoms with Crippen molar-refractivity contribution in [3.8, 4) is 22.6 Å². The zero-order valence-electron chi connectivity index (χ0n) is 20.4. The molecule has 1 N–H and O–H groups in total. The van der Waals surface area contributed by atoms with Gasteiger partial charge in [0.25, 0.3) is 0 Å². The van der Waals surface area contributed by atoms with Crippen LogP contribution in [0.3, 0.4) is 0 Å². The number of nitrogens with zero attached hydrogens (tertiary/aromatic N) is 1. The van der Waals surface area contributed by atoms with E-state index in [9.17, 15) is 9.50 Å². The van der Waals surface area contributed by atoms with Crippen molar-refractivity contribution in [1.29, 1.82) is 0 Å². The molecule has 0 spiro atoms. The molecule has 1 aliphatic heterocycles. The molecule has 2 atom stereocenters. The zero-order valence-corrected chi connectivity index (χ0v) is 20.4. The number of halogens is 1. The van der Waals surface area contributed by atoms with Crippen LogP contribution in [-0.2, 0) is 6.42 Å². The number of benzene rings is 3. The highest BCUT2D eigenvalue weighted by Gasteiger charge is 2.31. The molecule has 0 bridgehead atoms. The van der Waals surface area contributed by atoms with Crippen molar-refractivity contribution in [2.45, 2.75) is 59.0 Å². The minimum Gasteiger partial charge on any atom is -0.505 e. The van der Waals surface area contributed by atoms with Crippen LogP contribution in [0.5, 0.6) is 11.5 Å². The van der Waals surface area contributed by atoms with Gasteiger partial charge in [-0.25, -0.2) is 4.39 Å². The Hall–Kier alpha value is -2.85. The van der Waals surface area contributed by atoms with E-state index >= 15 is 0 Å². The molecule has 0 radical (unpaired) electrons. The van der Waals surface area contributed by atoms with E-state index in [0.29, 0.717) is 11.5 Å². The van der Waals surface area contributed by atoms with Crippen LogP contribution in [0.25, 0.3) is 11.1 Å². The van der Waals surface area contributed by atoms with Crippen molar-refractivity contribution in [3.63, 3.8) is 0 Å². The van der Waals surface area contributed by atoms with Crippen LogP contribution in [-0.4, -0.2) is 23.7 Å². The van der Waals surface area contributed by atoms with Crippen LogP contribution in [0.1, 0.15) is 73.5 Å². The minimum atomic E-state index is -0.603. The third-order valence-corrected chi connectivity index (χ3v) is 7.22. The van der Waals surface area contributed by atoms with Gasteiger partial charge in [-0.05, 0) is 84.7 Å². The standard InChI is InChI=1S/C29H34FNO2/c1-17(2)21-7-9-22(10-8-21)19(4)31-14-13-25-24(20(31)5)11-12-27(33-6)28(25)23-15-18(3)29(32)26(30)16-23/h7-12,15-17,19-20,32H,13-14H2,1-6H3/t19?,20-/m1/s1. The van der Waals surface area contributed by atoms with E-state index < -0.39 is 5.82 Å². The third-order valence-electron chi connectivity index (χ3n) is 7.22. The Labute approximate surface area is 196 Å². The Kier molecular flexibility index (Phi) is 6.49. The molecule has 3 aromatic rings. The lowest BCUT2D eigenvalue weighted by Crippen LogP contribution is -2.36. The van der Waals surface area contributed by atoms with Gasteiger partial charge in [-0.3, -0.25) is 4.90 Å². The molecule has 0 saturated carbocycles. The van der Waals surface area contributed by atoms with Crippen LogP contribution < -0.4 is 4.74 Å². The maximum Gasteiger partial charge on any atom is 0.165 e. The topological polar surface area (TPSA) is 32.7 Å². The molecule has 3 aromatic carbocycles. The number of methoxy groups -OCH3 is 1. The smallest absolute Gasteiger partial charge is 0.165 e. The summed E-state index contributed by atoms with van der Waals surface area (Å²) in [6.07, 6.45) is 0.849. The first-order chi connectivity index (χ1) is 15.7. The second-order valence-electron chi connectivity index (χ2n) is 9.50. The predicted molar refractivity (Wildman–Crippen MR) is 133 cm³/mol. The fraction of sp³-hybridized carbons (Fsp3) is 0.379. The number of hydrogen-bond donors (Lipinski definition) is 1. The van der Waals surface area contributed by atoms with Gasteiger partial charge in [-0.2, -0.15) is 0 Å². The van der Waals surface area contributed by atoms with Gasteiger partial charge < -0.3 is 9.84 Å². The number of phenolic OH excluding ortho intramolecular Hbond substituents is 1. The lowest BCUT2D eigenvalue weighted by molar-refractivity contribution is 0.144. The van der Waals surface area contributed by atoms with Crippen molar-refractivity contribution in [3.05, 3.63) is 82.2 Å². The quantitative estimate of drug-likeness (QED) is 0.445. The Morgan fingerprint density at radius 3 is 2.30 bits per heavy atom. The van der Waals surface area contributed by atoms with Gasteiger partial charge in [-0.1, -0.05) is 44.2 Å². The van der Waals surface area contributed by atoms with Crippen LogP contribution in [0, 0.1) is 12.7 Å². The minimum absolute atomic E-state index is 0.209. The molecule has 3 nitrogen and oxygen atoms in total. The molecule has 174 valence electrons. The molecule has 4 rings (SSSR count). The second-order valence-corrected chi connectivity index (χ2v) is 9.50. The van der Waals surface area contributed by atoms with E-state index in [0.717, 1.165) is 29.8 Å². The highest BCUT2D eigenvalue weighted by molar-refractivity contribution is 5.77. The number of ether oxygens (including phenoxy) is 1. The number of fused-ring (bicyclic) bond motifs is 1. The molecule has 33 heavy (non-hydrogen) atoms. The zero-order chi connectivity index (χ0) is 23.9. The summed E-state index contributed by atoms with van der Waals surface area (Å²) in [6, 6.07) is 16.9. The van der Waals surface area contributed by atoms with Gasteiger partial charge in [0.15, 0.2) is 11.6 Å². The predicted octanol–water partition coefficient (Wildman–Crippen LogP) is 7.32. The summed E-state index contributed by atoms with van der Waals surface area (Å²) >= 11 is 0. The van der Waals surface area contributed by atoms with E-state index in [1.165, 1.54) is 28.3 Å². The summed E-state index contributed by atoms with van der Waals surface area (Å²) in [4.78, 5) is 2.53. The van der Waals surface area contributed by atoms with Crippen LogP contribution >= 0.6 is 0 Å². The van der Waals surface area contributed by atoms with Crippen LogP contribution in [0.15, 0.2) is 48.5 Å². The number of phenols is 1. The number of hydrogen-bond acceptors (Lipinski definition) is 3. The van der Waals surface area contributed by atoms with Crippen LogP contribution in [0.2, 0.25) is 0 Å². The van der Waals surface area contributed by atoms with Gasteiger partial charge in [0.1, 0.15) is 5.75 Å². The Balaban J connectivity index is 1.72. The number of aryl methyl sites for hydroxylation is 1. The van der Waals surface area contributed by atoms with E-state index in [2.05, 4.69) is 62.9 Å². The Morgan fingerprint density at radius 1 is 1.03 bits per heavy atom. The molecular weight excluding hydrogens is 413 g/mol. The van der Waals surface area contributed by atoms with E-state index in [-0.39, 0.29) is 17.8 Å². The SMILES string of the molecule is COc1ccc2c(c1-c1cc(C)c(O)c(F)c1)CCN(C(C)c1ccc(C(C)C)cc1)[C@@H]2C. The van der Waals surface area contributed by atoms with Crippen molar-refractivity contribution in [2.75, 3.05) is 13.7 Å². The second kappa shape index (κ2) is 9.18. The summed E-state index contributed by atoms with van der Waals surface area (Å²) in [6.45, 7) is 11.6. The van der Waals surface area contributed by atoms with Gasteiger partial charge in [0.2, 0.25) is 0 Å². The lowest BCUT2D eigenvalue weighted by atomic mass is 9.85. The summed E-state index contributed by atoms with van der Waals surface area (Å²) < 4.78 is 20.1. The lowest BCUT2D eigenvalue weighted by Gasteiger charge is -2.40. The van der Waals surface area contributed by atoms with Crippen molar-refractivity contribution < 1.29 is 14.2 Å². The van der Waals surface area contributed by atoms with Crippen molar-refractivity contribution in [2.24, 2.45) is 0 Å². The molecule has 0 aliphatic carbocycles. The number of rotatable bonds is 5. The monoisotopic (exact) mass is 447 g/mol. The highest BCUT2D eigenvalue weighted by Crippen LogP contribution is 2.44. The van der Waals surface area contributed by atoms with Crippen molar-refractivity contribution in [1.82, 2.24) is 4.90 Å². The fourth-order valence-corrected chi connectivity index (χ4v) is 5.16. The first-order valence-corrected chi connectivity index (χ1v) is 11.8. The Morgan fingerprint density at radius 2 is 1.70 bits per heavy atom. The summed E-state index contributed by atoms with van der Waals surface area (Å²) in [5.41, 5.74) is 7.31. The first-order valence-electron chi connectivity index (χ1n) is 11.8. The molecule has 1 aliphatic rings. The third kappa shape index (κ3) is 4.24. The fourth-order valence-electron chi connectivity index (χ4n) is 5.16. The highest BCUT2D eigenvalue weighted by atomic mass is 19.1. The molecule has 1 heterocycles. The van der Waals surface area contributed by atoms with Crippen LogP contribution in [0.4, 0.5) is 4.39 Å². The average molecular weight is 448 g/mol. The van der Waals surface area contributed by atoms with Gasteiger partial charge >= 0.3 is 0 Å². The van der Waals surface area contributed by atoms with Gasteiger partial charge in [0, 0.05) is 24.2 Å². The average Bonchev–Trinajstić information content (AvgIpc) is 2.81. The number of aromatic hydroxyl groups is 1. The largest absolute Gasteiger partial charge is 0.505 e. The maximum atomic E-state index is 14.4. The van der Waals surface area contributed by atoms with Gasteiger partial charge in [-0.15, -0.1) is 0 Å². The van der Waals surface area contributed by atoms with Gasteiger partial charge in [0.05, 0.1) is 7.11 Å². The first kappa shape index (κ1) is 23.3. The summed E-state index contributed by atoms with van der Waals surface area (Å²) in [5, 5.41) is 9.92. The van der Waals surface area contributed by atoms with E-state index in [4.69, 9.17) is 4.74 Å². The molecular formula is C29H34FNO2. The summed E-state index contributed by atoms with van der Waals surface area (Å²) in [7, 11) is 1.65. The maximum absolute atomic E-state index is 14.4. The van der Waals surface area contributed by atoms with Crippen molar-refractivity contribution >= 4 is 0 Å². The molecule has 4 heteroatoms. The molecule has 0 saturated heterocycles. The van der Waals surface area contributed by atoms with E-state index in [1.54, 1.807) is 14.0 Å². The normalized spacial score (nSPS) is 17.2. The molecule has 1 unspecified atom stereocenters. The van der Waals surface area contributed by atoms with E-state index in [1.807, 2.05) is 12.1 Å². The summed E-state index contributed by atoms with van der Waals surface area (Å²) in [5.74, 6) is 0.362. The Bertz CT molecular complexity index is 1130. The molecule has 0 amide bonds.